The van der Waals surface area contributed by atoms with Gasteiger partial charge in [0, 0.05) is 67.5 Å². The molecule has 0 radical (unpaired) electrons. The smallest absolute Gasteiger partial charge is 0.254 e. The molecule has 0 bridgehead atoms. The lowest BCUT2D eigenvalue weighted by Crippen LogP contribution is -2.56. The van der Waals surface area contributed by atoms with Crippen molar-refractivity contribution in [2.75, 3.05) is 59.0 Å². The summed E-state index contributed by atoms with van der Waals surface area (Å²) >= 11 is 12.4. The molecule has 0 aromatic heterocycles. The number of ether oxygens (including phenoxy) is 1. The second-order valence-corrected chi connectivity index (χ2v) is 10.5. The van der Waals surface area contributed by atoms with E-state index >= 15 is 0 Å². The van der Waals surface area contributed by atoms with E-state index in [0.29, 0.717) is 22.2 Å². The molecule has 5 nitrogen and oxygen atoms in total. The van der Waals surface area contributed by atoms with Crippen LogP contribution >= 0.6 is 48.0 Å². The van der Waals surface area contributed by atoms with Crippen LogP contribution in [-0.2, 0) is 11.2 Å². The van der Waals surface area contributed by atoms with Crippen molar-refractivity contribution in [3.8, 4) is 0 Å². The second-order valence-electron chi connectivity index (χ2n) is 9.58. The van der Waals surface area contributed by atoms with Crippen molar-refractivity contribution in [2.45, 2.75) is 26.3 Å². The van der Waals surface area contributed by atoms with Crippen LogP contribution in [0.5, 0.6) is 0 Å². The quantitative estimate of drug-likeness (QED) is 0.388. The van der Waals surface area contributed by atoms with E-state index in [1.807, 2.05) is 4.90 Å². The Labute approximate surface area is 243 Å². The van der Waals surface area contributed by atoms with E-state index in [0.717, 1.165) is 58.9 Å². The summed E-state index contributed by atoms with van der Waals surface area (Å²) in [4.78, 5) is 20.4. The van der Waals surface area contributed by atoms with Crippen molar-refractivity contribution < 1.29 is 9.53 Å². The minimum absolute atomic E-state index is 0. The average Bonchev–Trinajstić information content (AvgIpc) is 2.84. The van der Waals surface area contributed by atoms with Gasteiger partial charge in [0.2, 0.25) is 0 Å². The number of carbonyl (C=O) groups is 1. The van der Waals surface area contributed by atoms with Gasteiger partial charge in [0.15, 0.2) is 0 Å². The Balaban J connectivity index is 0.00000241. The number of rotatable bonds is 7. The maximum absolute atomic E-state index is 13.5. The second kappa shape index (κ2) is 15.3. The molecule has 1 atom stereocenters. The van der Waals surface area contributed by atoms with Gasteiger partial charge in [-0.15, -0.1) is 24.8 Å². The zero-order valence-corrected chi connectivity index (χ0v) is 24.6. The van der Waals surface area contributed by atoms with Gasteiger partial charge < -0.3 is 9.64 Å². The van der Waals surface area contributed by atoms with Crippen molar-refractivity contribution in [2.24, 2.45) is 0 Å². The highest BCUT2D eigenvalue weighted by atomic mass is 35.5. The van der Waals surface area contributed by atoms with Gasteiger partial charge in [-0.1, -0.05) is 53.6 Å². The van der Waals surface area contributed by atoms with Gasteiger partial charge in [0.1, 0.15) is 0 Å². The van der Waals surface area contributed by atoms with E-state index in [1.54, 1.807) is 18.2 Å². The first-order valence-corrected chi connectivity index (χ1v) is 13.2. The highest BCUT2D eigenvalue weighted by Gasteiger charge is 2.31. The maximum Gasteiger partial charge on any atom is 0.254 e. The lowest BCUT2D eigenvalue weighted by Gasteiger charge is -2.41. The summed E-state index contributed by atoms with van der Waals surface area (Å²) in [5.41, 5.74) is 4.36. The predicted molar refractivity (Wildman–Crippen MR) is 158 cm³/mol. The third kappa shape index (κ3) is 9.14. The van der Waals surface area contributed by atoms with Crippen molar-refractivity contribution in [3.05, 3.63) is 80.8 Å². The zero-order valence-electron chi connectivity index (χ0n) is 21.5. The van der Waals surface area contributed by atoms with Crippen LogP contribution in [0, 0.1) is 13.8 Å². The van der Waals surface area contributed by atoms with Crippen LogP contribution in [0.4, 0.5) is 0 Å². The molecule has 0 unspecified atom stereocenters. The minimum Gasteiger partial charge on any atom is -0.379 e. The van der Waals surface area contributed by atoms with Crippen LogP contribution in [-0.4, -0.2) is 85.7 Å². The Morgan fingerprint density at radius 3 is 2.19 bits per heavy atom. The van der Waals surface area contributed by atoms with Gasteiger partial charge >= 0.3 is 0 Å². The number of benzene rings is 2. The Hall–Kier alpha value is -1.31. The van der Waals surface area contributed by atoms with Crippen LogP contribution in [0.2, 0.25) is 10.0 Å². The summed E-state index contributed by atoms with van der Waals surface area (Å²) in [7, 11) is 0. The molecule has 2 aliphatic rings. The van der Waals surface area contributed by atoms with Crippen LogP contribution in [0.3, 0.4) is 0 Å². The Morgan fingerprint density at radius 2 is 1.54 bits per heavy atom. The van der Waals surface area contributed by atoms with Crippen molar-refractivity contribution in [3.63, 3.8) is 0 Å². The third-order valence-electron chi connectivity index (χ3n) is 6.98. The molecule has 2 aliphatic heterocycles. The molecular formula is C28H37Cl4N3O2. The molecule has 2 heterocycles. The molecule has 0 spiro atoms. The summed E-state index contributed by atoms with van der Waals surface area (Å²) in [6.45, 7) is 12.1. The van der Waals surface area contributed by atoms with Crippen LogP contribution < -0.4 is 0 Å². The van der Waals surface area contributed by atoms with Crippen LogP contribution in [0.1, 0.15) is 27.0 Å². The van der Waals surface area contributed by atoms with Crippen molar-refractivity contribution >= 4 is 53.9 Å². The highest BCUT2D eigenvalue weighted by molar-refractivity contribution is 6.35. The number of carbonyl (C=O) groups excluding carboxylic acids is 1. The predicted octanol–water partition coefficient (Wildman–Crippen LogP) is 5.71. The summed E-state index contributed by atoms with van der Waals surface area (Å²) < 4.78 is 5.43. The van der Waals surface area contributed by atoms with Gasteiger partial charge in [-0.3, -0.25) is 14.6 Å². The molecule has 0 saturated carbocycles. The number of halogens is 4. The Morgan fingerprint density at radius 1 is 0.892 bits per heavy atom. The van der Waals surface area contributed by atoms with Gasteiger partial charge in [0.05, 0.1) is 13.2 Å². The van der Waals surface area contributed by atoms with Crippen molar-refractivity contribution in [1.82, 2.24) is 14.7 Å². The molecule has 37 heavy (non-hydrogen) atoms. The van der Waals surface area contributed by atoms with Gasteiger partial charge in [-0.25, -0.2) is 0 Å². The van der Waals surface area contributed by atoms with Gasteiger partial charge in [-0.05, 0) is 55.2 Å². The number of hydrogen-bond acceptors (Lipinski definition) is 4. The topological polar surface area (TPSA) is 36.0 Å². The molecule has 2 fully saturated rings. The molecular weight excluding hydrogens is 552 g/mol. The van der Waals surface area contributed by atoms with E-state index in [2.05, 4.69) is 54.0 Å². The van der Waals surface area contributed by atoms with Crippen LogP contribution in [0.15, 0.2) is 48.6 Å². The summed E-state index contributed by atoms with van der Waals surface area (Å²) in [5, 5.41) is 0.964. The van der Waals surface area contributed by atoms with E-state index in [9.17, 15) is 4.79 Å². The lowest BCUT2D eigenvalue weighted by molar-refractivity contribution is 0.0431. The molecule has 2 aromatic carbocycles. The maximum atomic E-state index is 13.5. The number of piperazine rings is 1. The number of amides is 1. The summed E-state index contributed by atoms with van der Waals surface area (Å²) in [5.74, 6) is -0.00857. The highest BCUT2D eigenvalue weighted by Crippen LogP contribution is 2.24. The van der Waals surface area contributed by atoms with E-state index in [4.69, 9.17) is 27.9 Å². The largest absolute Gasteiger partial charge is 0.379 e. The Kier molecular flexibility index (Phi) is 13.2. The minimum atomic E-state index is -0.00857. The molecule has 9 heteroatoms. The Bertz CT molecular complexity index is 1040. The fourth-order valence-corrected chi connectivity index (χ4v) is 5.33. The fourth-order valence-electron chi connectivity index (χ4n) is 4.80. The molecule has 4 rings (SSSR count). The molecule has 0 N–H and O–H groups in total. The average molecular weight is 589 g/mol. The van der Waals surface area contributed by atoms with E-state index in [-0.39, 0.29) is 36.8 Å². The van der Waals surface area contributed by atoms with Crippen molar-refractivity contribution in [1.29, 1.82) is 0 Å². The third-order valence-corrected chi connectivity index (χ3v) is 7.41. The zero-order chi connectivity index (χ0) is 24.8. The molecule has 1 amide bonds. The number of aryl methyl sites for hydroxylation is 2. The van der Waals surface area contributed by atoms with E-state index in [1.165, 1.54) is 16.7 Å². The van der Waals surface area contributed by atoms with Gasteiger partial charge in [0.25, 0.3) is 5.91 Å². The summed E-state index contributed by atoms with van der Waals surface area (Å²) in [6, 6.07) is 11.8. The lowest BCUT2D eigenvalue weighted by atomic mass is 9.98. The van der Waals surface area contributed by atoms with Gasteiger partial charge in [-0.2, -0.15) is 0 Å². The SMILES string of the molecule is Cc1ccc(C[C@@H]2CN(CC=CCN3CCOCC3)CCN2C(=O)c2cc(Cl)cc(Cl)c2)cc1C.Cl.Cl. The molecule has 2 saturated heterocycles. The normalized spacial score (nSPS) is 18.9. The number of morpholine rings is 1. The monoisotopic (exact) mass is 587 g/mol. The number of nitrogens with zero attached hydrogens (tertiary/aromatic N) is 3. The molecule has 204 valence electrons. The standard InChI is InChI=1S/C28H35Cl2N3O2.2ClH/c1-21-5-6-23(15-22(21)2)16-27-20-32(8-4-3-7-31-11-13-35-14-12-31)9-10-33(27)28(34)24-17-25(29)19-26(30)18-24;;/h3-6,15,17-19,27H,7-14,16,20H2,1-2H3;2*1H/t27-;;/m1../s1. The molecule has 2 aromatic rings. The summed E-state index contributed by atoms with van der Waals surface area (Å²) in [6.07, 6.45) is 5.33. The van der Waals surface area contributed by atoms with E-state index < -0.39 is 0 Å². The first-order chi connectivity index (χ1) is 16.9. The molecule has 0 aliphatic carbocycles. The first kappa shape index (κ1) is 31.9. The number of hydrogen-bond donors (Lipinski definition) is 0. The fraction of sp³-hybridized carbons (Fsp3) is 0.464. The van der Waals surface area contributed by atoms with Crippen LogP contribution in [0.25, 0.3) is 0 Å². The first-order valence-electron chi connectivity index (χ1n) is 12.4.